The van der Waals surface area contributed by atoms with E-state index < -0.39 is 0 Å². The van der Waals surface area contributed by atoms with E-state index in [9.17, 15) is 9.18 Å². The fourth-order valence-corrected chi connectivity index (χ4v) is 3.61. The van der Waals surface area contributed by atoms with Crippen molar-refractivity contribution in [1.82, 2.24) is 15.5 Å². The van der Waals surface area contributed by atoms with E-state index in [4.69, 9.17) is 9.47 Å². The molecule has 4 rings (SSSR count). The highest BCUT2D eigenvalue weighted by Crippen LogP contribution is 2.39. The van der Waals surface area contributed by atoms with E-state index in [1.54, 1.807) is 23.6 Å². The van der Waals surface area contributed by atoms with Crippen LogP contribution in [0.25, 0.3) is 11.3 Å². The number of halogens is 1. The Kier molecular flexibility index (Phi) is 4.72. The smallest absolute Gasteiger partial charge is 0.252 e. The maximum absolute atomic E-state index is 14.1. The molecular weight excluding hydrogens is 369 g/mol. The quantitative estimate of drug-likeness (QED) is 0.731. The van der Waals surface area contributed by atoms with Gasteiger partial charge in [-0.1, -0.05) is 0 Å². The van der Waals surface area contributed by atoms with Crippen molar-refractivity contribution in [3.8, 4) is 22.9 Å². The number of methoxy groups -OCH3 is 1. The molecule has 0 bridgehead atoms. The molecule has 0 spiro atoms. The molecule has 6 nitrogen and oxygen atoms in total. The maximum Gasteiger partial charge on any atom is 0.252 e. The number of ether oxygens (including phenoxy) is 2. The van der Waals surface area contributed by atoms with Crippen LogP contribution in [0.2, 0.25) is 0 Å². The summed E-state index contributed by atoms with van der Waals surface area (Å²) in [4.78, 5) is 12.1. The Balaban J connectivity index is 1.52. The molecule has 1 aliphatic rings. The summed E-state index contributed by atoms with van der Waals surface area (Å²) in [5, 5.41) is 14.5. The number of benzene rings is 1. The molecule has 0 aliphatic carbocycles. The topological polar surface area (TPSA) is 73.3 Å². The van der Waals surface area contributed by atoms with Crippen LogP contribution in [0.4, 0.5) is 4.39 Å². The molecule has 0 unspecified atom stereocenters. The van der Waals surface area contributed by atoms with Crippen molar-refractivity contribution < 1.29 is 18.7 Å². The maximum atomic E-state index is 14.1. The van der Waals surface area contributed by atoms with Crippen LogP contribution in [0.15, 0.2) is 41.1 Å². The van der Waals surface area contributed by atoms with Crippen molar-refractivity contribution in [3.63, 3.8) is 0 Å². The van der Waals surface area contributed by atoms with Gasteiger partial charge in [0.05, 0.1) is 19.3 Å². The highest BCUT2D eigenvalue weighted by Gasteiger charge is 2.28. The zero-order valence-corrected chi connectivity index (χ0v) is 15.3. The van der Waals surface area contributed by atoms with Crippen molar-refractivity contribution >= 4 is 17.2 Å². The normalized spacial score (nSPS) is 15.1. The summed E-state index contributed by atoms with van der Waals surface area (Å²) in [6.07, 6.45) is 0.238. The van der Waals surface area contributed by atoms with Gasteiger partial charge in [-0.05, 0) is 29.6 Å². The van der Waals surface area contributed by atoms with Gasteiger partial charge in [0.25, 0.3) is 5.91 Å². The monoisotopic (exact) mass is 385 g/mol. The molecule has 0 saturated heterocycles. The Morgan fingerprint density at radius 2 is 2.26 bits per heavy atom. The van der Waals surface area contributed by atoms with Crippen LogP contribution in [0.1, 0.15) is 15.9 Å². The van der Waals surface area contributed by atoms with Crippen LogP contribution in [-0.2, 0) is 6.42 Å². The summed E-state index contributed by atoms with van der Waals surface area (Å²) in [5.41, 5.74) is 2.40. The zero-order valence-electron chi connectivity index (χ0n) is 14.4. The van der Waals surface area contributed by atoms with E-state index >= 15 is 0 Å². The number of hydrogen-bond donors (Lipinski definition) is 1. The first-order valence-corrected chi connectivity index (χ1v) is 9.26. The van der Waals surface area contributed by atoms with Gasteiger partial charge in [-0.3, -0.25) is 4.79 Å². The highest BCUT2D eigenvalue weighted by molar-refractivity contribution is 7.08. The van der Waals surface area contributed by atoms with Gasteiger partial charge in [-0.2, -0.15) is 11.3 Å². The number of hydrogen-bond acceptors (Lipinski definition) is 6. The molecule has 0 radical (unpaired) electrons. The average Bonchev–Trinajstić information content (AvgIpc) is 3.35. The molecule has 1 atom stereocenters. The van der Waals surface area contributed by atoms with Crippen LogP contribution >= 0.6 is 11.3 Å². The first kappa shape index (κ1) is 17.4. The predicted molar refractivity (Wildman–Crippen MR) is 98.8 cm³/mol. The molecule has 0 fully saturated rings. The lowest BCUT2D eigenvalue weighted by Gasteiger charge is -2.13. The van der Waals surface area contributed by atoms with Gasteiger partial charge >= 0.3 is 0 Å². The Bertz CT molecular complexity index is 961. The van der Waals surface area contributed by atoms with Crippen LogP contribution in [-0.4, -0.2) is 35.9 Å². The Labute approximate surface area is 159 Å². The molecule has 27 heavy (non-hydrogen) atoms. The standard InChI is InChI=1S/C19H16FN3O3S/c1-25-17-3-2-16(22-23-17)15-8-13(20)6-12-7-14(26-18(12)15)9-21-19(24)11-4-5-27-10-11/h2-6,8,10,14H,7,9H2,1H3,(H,21,24)/t14-/m1/s1. The molecule has 1 aliphatic heterocycles. The third-order valence-corrected chi connectivity index (χ3v) is 4.94. The molecule has 3 aromatic rings. The number of carbonyl (C=O) groups excluding carboxylic acids is 1. The molecular formula is C19H16FN3O3S. The van der Waals surface area contributed by atoms with Gasteiger partial charge in [-0.15, -0.1) is 10.2 Å². The summed E-state index contributed by atoms with van der Waals surface area (Å²) in [6.45, 7) is 0.332. The molecule has 138 valence electrons. The van der Waals surface area contributed by atoms with Gasteiger partial charge in [0.2, 0.25) is 5.88 Å². The number of nitrogens with zero attached hydrogens (tertiary/aromatic N) is 2. The van der Waals surface area contributed by atoms with Crippen molar-refractivity contribution in [1.29, 1.82) is 0 Å². The second-order valence-corrected chi connectivity index (χ2v) is 6.85. The molecule has 8 heteroatoms. The second kappa shape index (κ2) is 7.32. The number of carbonyl (C=O) groups is 1. The second-order valence-electron chi connectivity index (χ2n) is 6.07. The van der Waals surface area contributed by atoms with E-state index in [1.807, 2.05) is 5.38 Å². The summed E-state index contributed by atoms with van der Waals surface area (Å²) >= 11 is 1.46. The average molecular weight is 385 g/mol. The lowest BCUT2D eigenvalue weighted by molar-refractivity contribution is 0.0934. The lowest BCUT2D eigenvalue weighted by Crippen LogP contribution is -2.34. The van der Waals surface area contributed by atoms with Crippen molar-refractivity contribution in [2.75, 3.05) is 13.7 Å². The Hall–Kier alpha value is -3.00. The first-order chi connectivity index (χ1) is 13.1. The minimum atomic E-state index is -0.368. The van der Waals surface area contributed by atoms with Gasteiger partial charge in [0, 0.05) is 34.6 Å². The molecule has 2 aromatic heterocycles. The minimum Gasteiger partial charge on any atom is -0.487 e. The number of amides is 1. The third kappa shape index (κ3) is 3.61. The van der Waals surface area contributed by atoms with E-state index in [-0.39, 0.29) is 17.8 Å². The lowest BCUT2D eigenvalue weighted by atomic mass is 10.0. The van der Waals surface area contributed by atoms with Crippen LogP contribution in [0, 0.1) is 5.82 Å². The molecule has 3 heterocycles. The Morgan fingerprint density at radius 1 is 1.37 bits per heavy atom. The summed E-state index contributed by atoms with van der Waals surface area (Å²) in [5.74, 6) is 0.434. The molecule has 1 aromatic carbocycles. The van der Waals surface area contributed by atoms with E-state index in [1.165, 1.54) is 30.6 Å². The number of aromatic nitrogens is 2. The number of thiophene rings is 1. The van der Waals surface area contributed by atoms with Gasteiger partial charge < -0.3 is 14.8 Å². The zero-order chi connectivity index (χ0) is 18.8. The summed E-state index contributed by atoms with van der Waals surface area (Å²) < 4.78 is 25.1. The molecule has 1 N–H and O–H groups in total. The van der Waals surface area contributed by atoms with Crippen molar-refractivity contribution in [2.45, 2.75) is 12.5 Å². The van der Waals surface area contributed by atoms with Crippen LogP contribution in [0.5, 0.6) is 11.6 Å². The van der Waals surface area contributed by atoms with Gasteiger partial charge in [-0.25, -0.2) is 4.39 Å². The van der Waals surface area contributed by atoms with Crippen molar-refractivity contribution in [2.24, 2.45) is 0 Å². The fourth-order valence-electron chi connectivity index (χ4n) is 2.97. The van der Waals surface area contributed by atoms with Gasteiger partial charge in [0.15, 0.2) is 0 Å². The SMILES string of the molecule is COc1ccc(-c2cc(F)cc3c2O[C@@H](CNC(=O)c2ccsc2)C3)nn1. The fraction of sp³-hybridized carbons (Fsp3) is 0.211. The van der Waals surface area contributed by atoms with Crippen molar-refractivity contribution in [3.05, 3.63) is 58.0 Å². The van der Waals surface area contributed by atoms with E-state index in [0.717, 1.165) is 5.56 Å². The van der Waals surface area contributed by atoms with Crippen LogP contribution < -0.4 is 14.8 Å². The molecule has 0 saturated carbocycles. The number of fused-ring (bicyclic) bond motifs is 1. The summed E-state index contributed by atoms with van der Waals surface area (Å²) in [7, 11) is 1.50. The third-order valence-electron chi connectivity index (χ3n) is 4.26. The van der Waals surface area contributed by atoms with E-state index in [0.29, 0.717) is 41.4 Å². The molecule has 1 amide bonds. The largest absolute Gasteiger partial charge is 0.487 e. The highest BCUT2D eigenvalue weighted by atomic mass is 32.1. The predicted octanol–water partition coefficient (Wildman–Crippen LogP) is 3.09. The minimum absolute atomic E-state index is 0.150. The van der Waals surface area contributed by atoms with Crippen LogP contribution in [0.3, 0.4) is 0 Å². The van der Waals surface area contributed by atoms with E-state index in [2.05, 4.69) is 15.5 Å². The number of nitrogens with one attached hydrogen (secondary N) is 1. The number of rotatable bonds is 5. The first-order valence-electron chi connectivity index (χ1n) is 8.31. The summed E-state index contributed by atoms with van der Waals surface area (Å²) in [6, 6.07) is 7.96. The van der Waals surface area contributed by atoms with Gasteiger partial charge in [0.1, 0.15) is 17.7 Å². The Morgan fingerprint density at radius 3 is 2.96 bits per heavy atom.